The maximum Gasteiger partial charge on any atom is 0.267 e. The molecule has 154 valence electrons. The predicted octanol–water partition coefficient (Wildman–Crippen LogP) is 3.23. The van der Waals surface area contributed by atoms with Crippen LogP contribution in [0.25, 0.3) is 0 Å². The molecule has 1 N–H and O–H groups in total. The summed E-state index contributed by atoms with van der Waals surface area (Å²) in [6, 6.07) is 0.566. The highest BCUT2D eigenvalue weighted by atomic mass is 32.2. The number of hydrazine groups is 1. The molecule has 2 fully saturated rings. The molecule has 0 aromatic heterocycles. The second kappa shape index (κ2) is 11.6. The second-order valence-corrected chi connectivity index (χ2v) is 9.54. The Kier molecular flexibility index (Phi) is 9.85. The Labute approximate surface area is 160 Å². The fourth-order valence-corrected chi connectivity index (χ4v) is 5.31. The molecule has 7 heteroatoms. The van der Waals surface area contributed by atoms with Gasteiger partial charge in [-0.05, 0) is 38.5 Å². The smallest absolute Gasteiger partial charge is 0.267 e. The topological polar surface area (TPSA) is 67.9 Å². The number of hydrogen-bond acceptors (Lipinski definition) is 6. The Morgan fingerprint density at radius 2 is 1.88 bits per heavy atom. The average Bonchev–Trinajstić information content (AvgIpc) is 3.05. The molecule has 1 saturated carbocycles. The van der Waals surface area contributed by atoms with E-state index >= 15 is 0 Å². The molecule has 0 radical (unpaired) electrons. The first kappa shape index (κ1) is 22.1. The molecule has 2 rings (SSSR count). The predicted molar refractivity (Wildman–Crippen MR) is 104 cm³/mol. The van der Waals surface area contributed by atoms with Crippen molar-refractivity contribution in [2.75, 3.05) is 26.0 Å². The van der Waals surface area contributed by atoms with Crippen LogP contribution in [0.1, 0.15) is 77.6 Å². The van der Waals surface area contributed by atoms with E-state index in [0.29, 0.717) is 12.5 Å². The normalized spacial score (nSPS) is 24.2. The third kappa shape index (κ3) is 7.80. The molecule has 2 atom stereocenters. The third-order valence-electron chi connectivity index (χ3n) is 5.54. The average molecular weight is 391 g/mol. The Balaban J connectivity index is 1.83. The summed E-state index contributed by atoms with van der Waals surface area (Å²) in [6.07, 6.45) is 11.1. The number of methoxy groups -OCH3 is 1. The van der Waals surface area contributed by atoms with Crippen molar-refractivity contribution in [1.82, 2.24) is 10.4 Å². The summed E-state index contributed by atoms with van der Waals surface area (Å²) in [5.74, 6) is 0.105. The summed E-state index contributed by atoms with van der Waals surface area (Å²) < 4.78 is 35.6. The van der Waals surface area contributed by atoms with Crippen LogP contribution in [-0.4, -0.2) is 57.6 Å². The number of nitrogens with zero attached hydrogens (tertiary/aromatic N) is 1. The first-order valence-electron chi connectivity index (χ1n) is 10.5. The first-order valence-corrected chi connectivity index (χ1v) is 12.0. The molecule has 0 unspecified atom stereocenters. The lowest BCUT2D eigenvalue weighted by atomic mass is 9.98. The highest BCUT2D eigenvalue weighted by molar-refractivity contribution is 7.86. The lowest BCUT2D eigenvalue weighted by molar-refractivity contribution is 0.0683. The van der Waals surface area contributed by atoms with Crippen LogP contribution in [0.15, 0.2) is 0 Å². The molecular weight excluding hydrogens is 352 g/mol. The van der Waals surface area contributed by atoms with Gasteiger partial charge in [0.15, 0.2) is 0 Å². The minimum atomic E-state index is -3.44. The standard InChI is InChI=1S/C19H38N2O4S/c1-3-4-9-17(20-21-14-8-10-18(21)16-24-2)13-15-26(22,23)25-19-11-6-5-7-12-19/h17-20H,3-16H2,1-2H3/t17-,18+/m1/s1. The van der Waals surface area contributed by atoms with Gasteiger partial charge in [0.05, 0.1) is 18.5 Å². The molecular formula is C19H38N2O4S. The van der Waals surface area contributed by atoms with E-state index in [0.717, 1.165) is 70.9 Å². The van der Waals surface area contributed by atoms with Gasteiger partial charge >= 0.3 is 0 Å². The van der Waals surface area contributed by atoms with Crippen molar-refractivity contribution in [3.05, 3.63) is 0 Å². The van der Waals surface area contributed by atoms with Crippen LogP contribution in [0.4, 0.5) is 0 Å². The van der Waals surface area contributed by atoms with Gasteiger partial charge in [-0.25, -0.2) is 5.01 Å². The largest absolute Gasteiger partial charge is 0.383 e. The summed E-state index contributed by atoms with van der Waals surface area (Å²) in [6.45, 7) is 3.89. The van der Waals surface area contributed by atoms with E-state index in [1.807, 2.05) is 0 Å². The van der Waals surface area contributed by atoms with Crippen LogP contribution in [0.2, 0.25) is 0 Å². The SMILES string of the molecule is CCCC[C@H](CCS(=O)(=O)OC1CCCCC1)NN1CCC[C@H]1COC. The molecule has 0 amide bonds. The number of rotatable bonds is 12. The van der Waals surface area contributed by atoms with Gasteiger partial charge < -0.3 is 4.74 Å². The van der Waals surface area contributed by atoms with Crippen molar-refractivity contribution in [3.8, 4) is 0 Å². The van der Waals surface area contributed by atoms with E-state index in [4.69, 9.17) is 8.92 Å². The molecule has 1 saturated heterocycles. The zero-order valence-electron chi connectivity index (χ0n) is 16.6. The second-order valence-electron chi connectivity index (χ2n) is 7.82. The van der Waals surface area contributed by atoms with Crippen LogP contribution < -0.4 is 5.43 Å². The van der Waals surface area contributed by atoms with Gasteiger partial charge in [-0.15, -0.1) is 0 Å². The minimum absolute atomic E-state index is 0.0968. The Morgan fingerprint density at radius 1 is 1.12 bits per heavy atom. The van der Waals surface area contributed by atoms with Gasteiger partial charge in [-0.3, -0.25) is 9.61 Å². The Morgan fingerprint density at radius 3 is 2.58 bits per heavy atom. The zero-order chi connectivity index (χ0) is 18.8. The van der Waals surface area contributed by atoms with Gasteiger partial charge in [0.1, 0.15) is 0 Å². The summed E-state index contributed by atoms with van der Waals surface area (Å²) in [5, 5.41) is 2.26. The fourth-order valence-electron chi connectivity index (χ4n) is 4.03. The van der Waals surface area contributed by atoms with Crippen LogP contribution in [-0.2, 0) is 19.0 Å². The van der Waals surface area contributed by atoms with E-state index in [2.05, 4.69) is 17.4 Å². The van der Waals surface area contributed by atoms with Crippen molar-refractivity contribution in [1.29, 1.82) is 0 Å². The number of hydrogen-bond donors (Lipinski definition) is 1. The van der Waals surface area contributed by atoms with E-state index in [1.165, 1.54) is 6.42 Å². The molecule has 1 aliphatic carbocycles. The number of ether oxygens (including phenoxy) is 1. The van der Waals surface area contributed by atoms with Crippen LogP contribution in [0.5, 0.6) is 0 Å². The Bertz CT molecular complexity index is 480. The van der Waals surface area contributed by atoms with E-state index in [1.54, 1.807) is 7.11 Å². The summed E-state index contributed by atoms with van der Waals surface area (Å²) >= 11 is 0. The quantitative estimate of drug-likeness (QED) is 0.516. The molecule has 1 heterocycles. The van der Waals surface area contributed by atoms with Crippen molar-refractivity contribution < 1.29 is 17.3 Å². The van der Waals surface area contributed by atoms with Crippen molar-refractivity contribution >= 4 is 10.1 Å². The van der Waals surface area contributed by atoms with Gasteiger partial charge in [0.2, 0.25) is 0 Å². The monoisotopic (exact) mass is 390 g/mol. The highest BCUT2D eigenvalue weighted by Crippen LogP contribution is 2.23. The van der Waals surface area contributed by atoms with Gasteiger partial charge in [0.25, 0.3) is 10.1 Å². The first-order chi connectivity index (χ1) is 12.5. The van der Waals surface area contributed by atoms with Gasteiger partial charge in [-0.1, -0.05) is 39.0 Å². The highest BCUT2D eigenvalue weighted by Gasteiger charge is 2.28. The maximum absolute atomic E-state index is 12.4. The van der Waals surface area contributed by atoms with Gasteiger partial charge in [0, 0.05) is 25.7 Å². The van der Waals surface area contributed by atoms with Crippen molar-refractivity contribution in [2.45, 2.75) is 95.7 Å². The molecule has 2 aliphatic rings. The molecule has 6 nitrogen and oxygen atoms in total. The van der Waals surface area contributed by atoms with E-state index < -0.39 is 10.1 Å². The van der Waals surface area contributed by atoms with Crippen molar-refractivity contribution in [3.63, 3.8) is 0 Å². The lowest BCUT2D eigenvalue weighted by Crippen LogP contribution is -2.49. The number of nitrogens with one attached hydrogen (secondary N) is 1. The molecule has 26 heavy (non-hydrogen) atoms. The molecule has 0 spiro atoms. The summed E-state index contributed by atoms with van der Waals surface area (Å²) in [7, 11) is -1.71. The van der Waals surface area contributed by atoms with Gasteiger partial charge in [-0.2, -0.15) is 8.42 Å². The van der Waals surface area contributed by atoms with Crippen LogP contribution in [0.3, 0.4) is 0 Å². The molecule has 0 bridgehead atoms. The fraction of sp³-hybridized carbons (Fsp3) is 1.00. The molecule has 1 aliphatic heterocycles. The number of unbranched alkanes of at least 4 members (excludes halogenated alkanes) is 1. The summed E-state index contributed by atoms with van der Waals surface area (Å²) in [5.41, 5.74) is 3.60. The maximum atomic E-state index is 12.4. The van der Waals surface area contributed by atoms with Crippen LogP contribution >= 0.6 is 0 Å². The molecule has 0 aromatic rings. The van der Waals surface area contributed by atoms with E-state index in [-0.39, 0.29) is 17.9 Å². The summed E-state index contributed by atoms with van der Waals surface area (Å²) in [4.78, 5) is 0. The Hall–Kier alpha value is -0.210. The molecule has 0 aromatic carbocycles. The zero-order valence-corrected chi connectivity index (χ0v) is 17.4. The van der Waals surface area contributed by atoms with E-state index in [9.17, 15) is 8.42 Å². The third-order valence-corrected chi connectivity index (χ3v) is 6.84. The van der Waals surface area contributed by atoms with Crippen LogP contribution in [0, 0.1) is 0 Å². The minimum Gasteiger partial charge on any atom is -0.383 e. The lowest BCUT2D eigenvalue weighted by Gasteiger charge is -2.30. The van der Waals surface area contributed by atoms with Crippen molar-refractivity contribution in [2.24, 2.45) is 0 Å².